The lowest BCUT2D eigenvalue weighted by Crippen LogP contribution is -2.33. The molecule has 0 fully saturated rings. The normalized spacial score (nSPS) is 21.7. The van der Waals surface area contributed by atoms with Gasteiger partial charge in [-0.3, -0.25) is 0 Å². The van der Waals surface area contributed by atoms with E-state index in [-0.39, 0.29) is 39.2 Å². The summed E-state index contributed by atoms with van der Waals surface area (Å²) in [6.45, 7) is 0. The highest BCUT2D eigenvalue weighted by atomic mass is 33.2. The van der Waals surface area contributed by atoms with E-state index in [4.69, 9.17) is 13.7 Å². The van der Waals surface area contributed by atoms with Gasteiger partial charge >= 0.3 is 15.1 Å². The molecule has 0 aliphatic carbocycles. The maximum atomic E-state index is 12.8. The van der Waals surface area contributed by atoms with Crippen LogP contribution in [0.2, 0.25) is 0 Å². The first-order valence-electron chi connectivity index (χ1n) is 8.69. The minimum absolute atomic E-state index is 0.0145. The highest BCUT2D eigenvalue weighted by Crippen LogP contribution is 2.63. The third-order valence-electron chi connectivity index (χ3n) is 5.24. The molecule has 3 aromatic rings. The number of rotatable bonds is 0. The van der Waals surface area contributed by atoms with Crippen molar-refractivity contribution in [3.05, 3.63) is 70.8 Å². The first-order valence-corrected chi connectivity index (χ1v) is 11.4. The third-order valence-corrected chi connectivity index (χ3v) is 7.69. The van der Waals surface area contributed by atoms with Gasteiger partial charge in [0.2, 0.25) is 0 Å². The molecule has 1 spiro atoms. The summed E-state index contributed by atoms with van der Waals surface area (Å²) in [7, 11) is -3.70. The number of hydrogen-bond acceptors (Lipinski definition) is 9. The second kappa shape index (κ2) is 5.41. The Bertz CT molecular complexity index is 1410. The molecule has 0 radical (unpaired) electrons. The zero-order valence-electron chi connectivity index (χ0n) is 14.8. The van der Waals surface area contributed by atoms with Crippen molar-refractivity contribution >= 4 is 25.9 Å². The minimum atomic E-state index is -4.06. The number of esters is 1. The smallest absolute Gasteiger partial charge is 0.371 e. The average molecular weight is 442 g/mol. The van der Waals surface area contributed by atoms with Crippen molar-refractivity contribution < 1.29 is 37.1 Å². The van der Waals surface area contributed by atoms with Crippen molar-refractivity contribution in [3.8, 4) is 28.7 Å². The number of carbonyl (C=O) groups excluding carboxylic acids is 1. The van der Waals surface area contributed by atoms with Crippen molar-refractivity contribution in [2.45, 2.75) is 10.5 Å². The van der Waals surface area contributed by atoms with Gasteiger partial charge in [-0.2, -0.15) is 8.42 Å². The predicted octanol–water partition coefficient (Wildman–Crippen LogP) is 3.40. The fourth-order valence-corrected chi connectivity index (χ4v) is 6.57. The topological polar surface area (TPSA) is 119 Å². The molecule has 6 rings (SSSR count). The lowest BCUT2D eigenvalue weighted by atomic mass is 9.77. The van der Waals surface area contributed by atoms with Crippen LogP contribution in [0.1, 0.15) is 27.0 Å². The van der Waals surface area contributed by atoms with E-state index in [9.17, 15) is 23.4 Å². The number of aromatic hydroxyl groups is 2. The zero-order valence-corrected chi connectivity index (χ0v) is 16.4. The van der Waals surface area contributed by atoms with Gasteiger partial charge in [-0.15, -0.1) is 0 Å². The monoisotopic (exact) mass is 442 g/mol. The lowest BCUT2D eigenvalue weighted by Gasteiger charge is -2.37. The summed E-state index contributed by atoms with van der Waals surface area (Å²) in [4.78, 5) is 12.8. The maximum Gasteiger partial charge on any atom is 0.371 e. The number of carbonyl (C=O) groups is 1. The lowest BCUT2D eigenvalue weighted by molar-refractivity contribution is 0.0219. The SMILES string of the molecule is O=C1OC2(c3ccc(O)cc3Oc3cc(O)c4c(c32)OS(=O)(=O)S4)c2ccccc21. The second-order valence-electron chi connectivity index (χ2n) is 6.90. The van der Waals surface area contributed by atoms with Crippen molar-refractivity contribution in [3.63, 3.8) is 0 Å². The summed E-state index contributed by atoms with van der Waals surface area (Å²) >= 11 is 0. The molecule has 30 heavy (non-hydrogen) atoms. The molecular formula is C20H10O8S2. The van der Waals surface area contributed by atoms with Crippen molar-refractivity contribution in [2.75, 3.05) is 0 Å². The Morgan fingerprint density at radius 1 is 0.967 bits per heavy atom. The van der Waals surface area contributed by atoms with E-state index in [1.54, 1.807) is 30.3 Å². The molecule has 3 heterocycles. The van der Waals surface area contributed by atoms with Gasteiger partial charge in [0.1, 0.15) is 27.9 Å². The van der Waals surface area contributed by atoms with Gasteiger partial charge in [0.05, 0.1) is 21.9 Å². The molecular weight excluding hydrogens is 432 g/mol. The second-order valence-corrected chi connectivity index (χ2v) is 10.2. The number of phenolic OH excluding ortho intramolecular Hbond substituents is 2. The van der Waals surface area contributed by atoms with Crippen LogP contribution >= 0.6 is 10.8 Å². The number of phenols is 2. The van der Waals surface area contributed by atoms with Crippen LogP contribution < -0.4 is 8.92 Å². The summed E-state index contributed by atoms with van der Waals surface area (Å²) < 4.78 is 41.4. The molecule has 0 bridgehead atoms. The highest BCUT2D eigenvalue weighted by Gasteiger charge is 2.57. The Morgan fingerprint density at radius 2 is 1.77 bits per heavy atom. The summed E-state index contributed by atoms with van der Waals surface area (Å²) in [6.07, 6.45) is 0. The van der Waals surface area contributed by atoms with E-state index in [2.05, 4.69) is 0 Å². The summed E-state index contributed by atoms with van der Waals surface area (Å²) in [5.41, 5.74) is -0.267. The predicted molar refractivity (Wildman–Crippen MR) is 103 cm³/mol. The summed E-state index contributed by atoms with van der Waals surface area (Å²) in [5.74, 6) is -0.951. The molecule has 1 unspecified atom stereocenters. The summed E-state index contributed by atoms with van der Waals surface area (Å²) in [6, 6.07) is 12.3. The Morgan fingerprint density at radius 3 is 2.60 bits per heavy atom. The van der Waals surface area contributed by atoms with E-state index >= 15 is 0 Å². The highest BCUT2D eigenvalue weighted by molar-refractivity contribution is 8.70. The van der Waals surface area contributed by atoms with Gasteiger partial charge in [-0.05, 0) is 18.2 Å². The molecule has 3 aromatic carbocycles. The fraction of sp³-hybridized carbons (Fsp3) is 0.0500. The molecule has 0 saturated carbocycles. The molecule has 0 amide bonds. The number of hydrogen-bond donors (Lipinski definition) is 2. The standard InChI is InChI=1S/C20H10O8S2/c21-9-5-6-12-14(7-9)26-15-8-13(22)18-17(28-30(24,25)29-18)16(15)20(12)11-4-2-1-3-10(11)19(23)27-20/h1-8,21-22H. The van der Waals surface area contributed by atoms with Crippen LogP contribution in [0.3, 0.4) is 0 Å². The quantitative estimate of drug-likeness (QED) is 0.399. The zero-order chi connectivity index (χ0) is 20.8. The number of ether oxygens (including phenoxy) is 2. The molecule has 8 nitrogen and oxygen atoms in total. The van der Waals surface area contributed by atoms with Gasteiger partial charge < -0.3 is 23.9 Å². The van der Waals surface area contributed by atoms with Crippen molar-refractivity contribution in [2.24, 2.45) is 0 Å². The Kier molecular flexibility index (Phi) is 3.15. The van der Waals surface area contributed by atoms with Crippen LogP contribution in [0.4, 0.5) is 0 Å². The maximum absolute atomic E-state index is 12.8. The van der Waals surface area contributed by atoms with Crippen molar-refractivity contribution in [1.29, 1.82) is 0 Å². The van der Waals surface area contributed by atoms with E-state index < -0.39 is 20.7 Å². The van der Waals surface area contributed by atoms with E-state index in [1.807, 2.05) is 0 Å². The van der Waals surface area contributed by atoms with E-state index in [0.29, 0.717) is 27.5 Å². The fourth-order valence-electron chi connectivity index (χ4n) is 4.14. The van der Waals surface area contributed by atoms with Crippen LogP contribution in [-0.2, 0) is 19.5 Å². The van der Waals surface area contributed by atoms with Crippen LogP contribution in [-0.4, -0.2) is 24.6 Å². The molecule has 3 aliphatic rings. The van der Waals surface area contributed by atoms with Crippen molar-refractivity contribution in [1.82, 2.24) is 0 Å². The van der Waals surface area contributed by atoms with E-state index in [1.165, 1.54) is 18.2 Å². The van der Waals surface area contributed by atoms with Gasteiger partial charge in [-0.25, -0.2) is 4.79 Å². The van der Waals surface area contributed by atoms with E-state index in [0.717, 1.165) is 0 Å². The third kappa shape index (κ3) is 2.06. The average Bonchev–Trinajstić information content (AvgIpc) is 3.17. The van der Waals surface area contributed by atoms with Gasteiger partial charge in [0, 0.05) is 23.3 Å². The molecule has 10 heteroatoms. The molecule has 0 saturated heterocycles. The Hall–Kier alpha value is -3.37. The van der Waals surface area contributed by atoms with Gasteiger partial charge in [0.25, 0.3) is 0 Å². The van der Waals surface area contributed by atoms with Gasteiger partial charge in [0.15, 0.2) is 11.4 Å². The van der Waals surface area contributed by atoms with Crippen LogP contribution in [0.15, 0.2) is 53.4 Å². The first-order chi connectivity index (χ1) is 14.3. The molecule has 150 valence electrons. The van der Waals surface area contributed by atoms with Crippen LogP contribution in [0.25, 0.3) is 0 Å². The number of fused-ring (bicyclic) bond motifs is 8. The molecule has 0 aromatic heterocycles. The largest absolute Gasteiger partial charge is 0.508 e. The molecule has 2 N–H and O–H groups in total. The number of benzene rings is 3. The summed E-state index contributed by atoms with van der Waals surface area (Å²) in [5, 5.41) is 20.3. The molecule has 1 atom stereocenters. The van der Waals surface area contributed by atoms with Crippen LogP contribution in [0.5, 0.6) is 28.7 Å². The molecule has 3 aliphatic heterocycles. The van der Waals surface area contributed by atoms with Gasteiger partial charge in [-0.1, -0.05) is 18.2 Å². The Balaban J connectivity index is 1.78. The minimum Gasteiger partial charge on any atom is -0.508 e. The van der Waals surface area contributed by atoms with Crippen LogP contribution in [0, 0.1) is 0 Å². The first kappa shape index (κ1) is 17.5. The Labute approximate surface area is 173 Å².